The quantitative estimate of drug-likeness (QED) is 0.784. The molecule has 0 saturated carbocycles. The second-order valence-corrected chi connectivity index (χ2v) is 5.92. The minimum atomic E-state index is -1.05. The molecule has 0 fully saturated rings. The van der Waals surface area contributed by atoms with Crippen molar-refractivity contribution in [2.75, 3.05) is 17.3 Å². The monoisotopic (exact) mass is 290 g/mol. The number of hydrogen-bond donors (Lipinski definition) is 2. The molecule has 2 unspecified atom stereocenters. The van der Waals surface area contributed by atoms with E-state index in [0.29, 0.717) is 18.0 Å². The average molecular weight is 291 g/mol. The maximum absolute atomic E-state index is 11.0. The van der Waals surface area contributed by atoms with Crippen molar-refractivity contribution in [3.05, 3.63) is 22.8 Å². The highest BCUT2D eigenvalue weighted by atomic mass is 35.5. The fourth-order valence-corrected chi connectivity index (χ4v) is 2.26. The molecule has 5 nitrogen and oxygen atoms in total. The number of carboxylic acid groups (broad SMARTS) is 1. The maximum atomic E-state index is 11.0. The molecule has 0 saturated heterocycles. The molecule has 2 N–H and O–H groups in total. The molecule has 2 atom stereocenters. The van der Waals surface area contributed by atoms with Gasteiger partial charge in [-0.2, -0.15) is 0 Å². The van der Waals surface area contributed by atoms with Crippen LogP contribution in [0.2, 0.25) is 5.15 Å². The van der Waals surface area contributed by atoms with Crippen molar-refractivity contribution in [3.63, 3.8) is 0 Å². The van der Waals surface area contributed by atoms with Crippen molar-refractivity contribution >= 4 is 34.2 Å². The van der Waals surface area contributed by atoms with E-state index in [1.807, 2.05) is 6.92 Å². The van der Waals surface area contributed by atoms with E-state index < -0.39 is 16.8 Å². The number of carboxylic acids is 1. The SMILES string of the molecule is CC(CCS(C)=O)Nc1cc(C(=O)O)cc(Cl)n1. The molecular formula is C11H15ClN2O3S. The number of rotatable bonds is 6. The number of hydrogen-bond acceptors (Lipinski definition) is 4. The van der Waals surface area contributed by atoms with Crippen LogP contribution in [0.1, 0.15) is 23.7 Å². The van der Waals surface area contributed by atoms with Crippen LogP contribution in [0, 0.1) is 0 Å². The summed E-state index contributed by atoms with van der Waals surface area (Å²) in [6.45, 7) is 1.91. The minimum Gasteiger partial charge on any atom is -0.478 e. The summed E-state index contributed by atoms with van der Waals surface area (Å²) in [4.78, 5) is 14.9. The van der Waals surface area contributed by atoms with Crippen LogP contribution < -0.4 is 5.32 Å². The standard InChI is InChI=1S/C11H15ClN2O3S/c1-7(3-4-18(2)17)13-10-6-8(11(15)16)5-9(12)14-10/h5-7H,3-4H2,1-2H3,(H,13,14)(H,15,16). The van der Waals surface area contributed by atoms with Crippen molar-refractivity contribution in [1.29, 1.82) is 0 Å². The smallest absolute Gasteiger partial charge is 0.335 e. The lowest BCUT2D eigenvalue weighted by molar-refractivity contribution is 0.0697. The second kappa shape index (κ2) is 6.70. The molecule has 18 heavy (non-hydrogen) atoms. The highest BCUT2D eigenvalue weighted by Gasteiger charge is 2.09. The predicted molar refractivity (Wildman–Crippen MR) is 72.8 cm³/mol. The van der Waals surface area contributed by atoms with E-state index in [1.165, 1.54) is 12.1 Å². The summed E-state index contributed by atoms with van der Waals surface area (Å²) < 4.78 is 11.0. The zero-order valence-electron chi connectivity index (χ0n) is 10.1. The first-order valence-corrected chi connectivity index (χ1v) is 7.46. The summed E-state index contributed by atoms with van der Waals surface area (Å²) in [6, 6.07) is 2.76. The Morgan fingerprint density at radius 3 is 2.83 bits per heavy atom. The Morgan fingerprint density at radius 2 is 2.28 bits per heavy atom. The molecule has 1 aromatic rings. The van der Waals surface area contributed by atoms with Gasteiger partial charge in [0.15, 0.2) is 0 Å². The van der Waals surface area contributed by atoms with Crippen LogP contribution in [0.3, 0.4) is 0 Å². The van der Waals surface area contributed by atoms with E-state index in [0.717, 1.165) is 0 Å². The van der Waals surface area contributed by atoms with E-state index in [2.05, 4.69) is 10.3 Å². The first-order chi connectivity index (χ1) is 8.38. The third kappa shape index (κ3) is 5.01. The number of anilines is 1. The fourth-order valence-electron chi connectivity index (χ4n) is 1.36. The van der Waals surface area contributed by atoms with Crippen LogP contribution in [0.25, 0.3) is 0 Å². The molecule has 0 radical (unpaired) electrons. The van der Waals surface area contributed by atoms with Gasteiger partial charge in [0, 0.05) is 28.9 Å². The third-order valence-electron chi connectivity index (χ3n) is 2.27. The lowest BCUT2D eigenvalue weighted by Gasteiger charge is -2.14. The van der Waals surface area contributed by atoms with Crippen LogP contribution in [-0.4, -0.2) is 38.3 Å². The van der Waals surface area contributed by atoms with Gasteiger partial charge >= 0.3 is 5.97 Å². The fraction of sp³-hybridized carbons (Fsp3) is 0.455. The maximum Gasteiger partial charge on any atom is 0.335 e. The number of pyridine rings is 1. The van der Waals surface area contributed by atoms with E-state index in [-0.39, 0.29) is 16.8 Å². The Balaban J connectivity index is 2.72. The number of nitrogens with zero attached hydrogens (tertiary/aromatic N) is 1. The molecule has 0 aliphatic carbocycles. The van der Waals surface area contributed by atoms with Gasteiger partial charge in [0.05, 0.1) is 5.56 Å². The molecule has 7 heteroatoms. The van der Waals surface area contributed by atoms with Crippen LogP contribution in [0.4, 0.5) is 5.82 Å². The molecule has 0 spiro atoms. The number of aromatic carboxylic acids is 1. The van der Waals surface area contributed by atoms with Crippen molar-refractivity contribution in [2.24, 2.45) is 0 Å². The van der Waals surface area contributed by atoms with Crippen molar-refractivity contribution < 1.29 is 14.1 Å². The Hall–Kier alpha value is -1.14. The van der Waals surface area contributed by atoms with Crippen LogP contribution in [-0.2, 0) is 10.8 Å². The second-order valence-electron chi connectivity index (χ2n) is 3.98. The molecule has 0 aliphatic rings. The van der Waals surface area contributed by atoms with E-state index in [4.69, 9.17) is 16.7 Å². The zero-order valence-corrected chi connectivity index (χ0v) is 11.7. The van der Waals surface area contributed by atoms with Crippen LogP contribution in [0.5, 0.6) is 0 Å². The summed E-state index contributed by atoms with van der Waals surface area (Å²) in [7, 11) is -0.841. The van der Waals surface area contributed by atoms with Crippen molar-refractivity contribution in [2.45, 2.75) is 19.4 Å². The predicted octanol–water partition coefficient (Wildman–Crippen LogP) is 2.00. The first kappa shape index (κ1) is 14.9. The summed E-state index contributed by atoms with van der Waals surface area (Å²) in [5.41, 5.74) is 0.0868. The molecule has 1 heterocycles. The number of halogens is 1. The van der Waals surface area contributed by atoms with Gasteiger partial charge in [-0.3, -0.25) is 4.21 Å². The molecule has 100 valence electrons. The Labute approximate surface area is 113 Å². The molecule has 1 rings (SSSR count). The molecule has 0 amide bonds. The number of aromatic nitrogens is 1. The summed E-state index contributed by atoms with van der Waals surface area (Å²) in [5, 5.41) is 12.1. The van der Waals surface area contributed by atoms with E-state index in [9.17, 15) is 9.00 Å². The van der Waals surface area contributed by atoms with Crippen LogP contribution >= 0.6 is 11.6 Å². The Morgan fingerprint density at radius 1 is 1.61 bits per heavy atom. The van der Waals surface area contributed by atoms with Gasteiger partial charge in [0.1, 0.15) is 11.0 Å². The summed E-state index contributed by atoms with van der Waals surface area (Å²) in [6.07, 6.45) is 2.35. The summed E-state index contributed by atoms with van der Waals surface area (Å²) in [5.74, 6) is -0.0560. The Kier molecular flexibility index (Phi) is 5.55. The molecular weight excluding hydrogens is 276 g/mol. The van der Waals surface area contributed by atoms with Crippen molar-refractivity contribution in [3.8, 4) is 0 Å². The number of nitrogens with one attached hydrogen (secondary N) is 1. The van der Waals surface area contributed by atoms with Gasteiger partial charge < -0.3 is 10.4 Å². The van der Waals surface area contributed by atoms with Crippen molar-refractivity contribution in [1.82, 2.24) is 4.98 Å². The van der Waals surface area contributed by atoms with Gasteiger partial charge in [0.2, 0.25) is 0 Å². The lowest BCUT2D eigenvalue weighted by Crippen LogP contribution is -2.19. The average Bonchev–Trinajstić information content (AvgIpc) is 2.25. The first-order valence-electron chi connectivity index (χ1n) is 5.36. The zero-order chi connectivity index (χ0) is 13.7. The van der Waals surface area contributed by atoms with Gasteiger partial charge in [-0.25, -0.2) is 9.78 Å². The van der Waals surface area contributed by atoms with Crippen LogP contribution in [0.15, 0.2) is 12.1 Å². The topological polar surface area (TPSA) is 79.3 Å². The van der Waals surface area contributed by atoms with E-state index >= 15 is 0 Å². The highest BCUT2D eigenvalue weighted by Crippen LogP contribution is 2.16. The molecule has 0 bridgehead atoms. The van der Waals surface area contributed by atoms with Gasteiger partial charge in [-0.05, 0) is 25.5 Å². The van der Waals surface area contributed by atoms with Gasteiger partial charge in [0.25, 0.3) is 0 Å². The molecule has 1 aromatic heterocycles. The molecule has 0 aromatic carbocycles. The molecule has 0 aliphatic heterocycles. The largest absolute Gasteiger partial charge is 0.478 e. The Bertz CT molecular complexity index is 468. The highest BCUT2D eigenvalue weighted by molar-refractivity contribution is 7.84. The minimum absolute atomic E-state index is 0.0431. The third-order valence-corrected chi connectivity index (χ3v) is 3.28. The van der Waals surface area contributed by atoms with E-state index in [1.54, 1.807) is 6.26 Å². The lowest BCUT2D eigenvalue weighted by atomic mass is 10.2. The van der Waals surface area contributed by atoms with Gasteiger partial charge in [-0.15, -0.1) is 0 Å². The van der Waals surface area contributed by atoms with Gasteiger partial charge in [-0.1, -0.05) is 11.6 Å². The summed E-state index contributed by atoms with van der Waals surface area (Å²) >= 11 is 5.74. The number of carbonyl (C=O) groups is 1. The normalized spacial score (nSPS) is 13.9.